The summed E-state index contributed by atoms with van der Waals surface area (Å²) in [4.78, 5) is 4.02. The quantitative estimate of drug-likeness (QED) is 0.0879. The molecule has 1 aliphatic heterocycles. The molecular formula is C49H53N2S2+. The predicted octanol–water partition coefficient (Wildman–Crippen LogP) is 14.1. The third-order valence-corrected chi connectivity index (χ3v) is 13.6. The molecule has 5 aromatic rings. The average Bonchev–Trinajstić information content (AvgIpc) is 3.70. The molecule has 3 aliphatic rings. The lowest BCUT2D eigenvalue weighted by atomic mass is 9.77. The molecule has 1 atom stereocenters. The number of hydrogen-bond acceptors (Lipinski definition) is 3. The molecule has 0 spiro atoms. The summed E-state index contributed by atoms with van der Waals surface area (Å²) in [6.45, 7) is 3.40. The van der Waals surface area contributed by atoms with Gasteiger partial charge in [-0.05, 0) is 107 Å². The number of aromatic nitrogens is 1. The van der Waals surface area contributed by atoms with E-state index in [2.05, 4.69) is 145 Å². The van der Waals surface area contributed by atoms with Crippen LogP contribution in [0.5, 0.6) is 0 Å². The van der Waals surface area contributed by atoms with Crippen LogP contribution in [0, 0.1) is 5.92 Å². The SMILES string of the molecule is CCCCCCCCCCN1C(=CC2=CC3=CC(=Cc4sc5cc(-c6ccccc6)ccc5[n+]4C)CCC3CC2)Sc2cc(-c3ccccc3)ccc21. The standard InChI is InChI=1S/C49H53N2S2/c1-3-4-5-6-7-8-9-16-29-51-45-28-26-42(39-19-14-11-15-20-39)35-47(45)53-49(51)33-37-22-24-40-23-21-36(30-43(40)31-37)32-48-50(2)44-27-25-41(34-46(44)52-48)38-17-12-10-13-18-38/h10-15,17-20,25-28,30-35,40H,3-9,16,21-24,29H2,1-2H3/q+1. The van der Waals surface area contributed by atoms with Gasteiger partial charge in [-0.2, -0.15) is 4.57 Å². The Bertz CT molecular complexity index is 2170. The van der Waals surface area contributed by atoms with Gasteiger partial charge in [0.05, 0.1) is 10.7 Å². The molecule has 2 heterocycles. The van der Waals surface area contributed by atoms with Crippen molar-refractivity contribution < 1.29 is 4.57 Å². The Hall–Kier alpha value is -4.12. The lowest BCUT2D eigenvalue weighted by Crippen LogP contribution is -2.29. The van der Waals surface area contributed by atoms with Crippen molar-refractivity contribution in [2.24, 2.45) is 13.0 Å². The summed E-state index contributed by atoms with van der Waals surface area (Å²) in [5, 5.41) is 2.72. The van der Waals surface area contributed by atoms with E-state index in [9.17, 15) is 0 Å². The second-order valence-electron chi connectivity index (χ2n) is 15.2. The first-order chi connectivity index (χ1) is 26.1. The summed E-state index contributed by atoms with van der Waals surface area (Å²) in [7, 11) is 2.22. The van der Waals surface area contributed by atoms with E-state index in [4.69, 9.17) is 0 Å². The van der Waals surface area contributed by atoms with Crippen LogP contribution in [0.1, 0.15) is 89.0 Å². The second-order valence-corrected chi connectivity index (χ2v) is 17.3. The number of anilines is 1. The maximum absolute atomic E-state index is 2.63. The summed E-state index contributed by atoms with van der Waals surface area (Å²) in [5.41, 5.74) is 12.3. The van der Waals surface area contributed by atoms with Gasteiger partial charge in [0.25, 0.3) is 5.01 Å². The Morgan fingerprint density at radius 2 is 1.38 bits per heavy atom. The number of unbranched alkanes of at least 4 members (excludes halogenated alkanes) is 7. The van der Waals surface area contributed by atoms with Crippen LogP contribution in [0.25, 0.3) is 38.5 Å². The van der Waals surface area contributed by atoms with Crippen LogP contribution in [-0.2, 0) is 7.05 Å². The number of thiazole rings is 1. The molecule has 2 aliphatic carbocycles. The van der Waals surface area contributed by atoms with E-state index >= 15 is 0 Å². The molecule has 1 aromatic heterocycles. The largest absolute Gasteiger partial charge is 0.335 e. The van der Waals surface area contributed by atoms with Crippen molar-refractivity contribution >= 4 is 45.1 Å². The fraction of sp³-hybridized carbons (Fsp3) is 0.327. The first-order valence-electron chi connectivity index (χ1n) is 20.1. The van der Waals surface area contributed by atoms with E-state index < -0.39 is 0 Å². The van der Waals surface area contributed by atoms with Crippen LogP contribution in [0.4, 0.5) is 5.69 Å². The summed E-state index contributed by atoms with van der Waals surface area (Å²) < 4.78 is 3.72. The first-order valence-corrected chi connectivity index (χ1v) is 21.7. The van der Waals surface area contributed by atoms with E-state index in [1.807, 2.05) is 23.1 Å². The third kappa shape index (κ3) is 8.35. The minimum Gasteiger partial charge on any atom is -0.335 e. The molecular weight excluding hydrogens is 681 g/mol. The van der Waals surface area contributed by atoms with Crippen molar-refractivity contribution in [2.75, 3.05) is 11.4 Å². The molecule has 4 aromatic carbocycles. The van der Waals surface area contributed by atoms with Gasteiger partial charge in [-0.1, -0.05) is 154 Å². The maximum Gasteiger partial charge on any atom is 0.262 e. The van der Waals surface area contributed by atoms with Crippen LogP contribution in [0.15, 0.2) is 142 Å². The number of thioether (sulfide) groups is 1. The van der Waals surface area contributed by atoms with Gasteiger partial charge in [0.1, 0.15) is 11.7 Å². The minimum atomic E-state index is 0.675. The minimum absolute atomic E-state index is 0.675. The fourth-order valence-corrected chi connectivity index (χ4v) is 10.7. The lowest BCUT2D eigenvalue weighted by molar-refractivity contribution is -0.642. The van der Waals surface area contributed by atoms with Crippen molar-refractivity contribution in [1.82, 2.24) is 0 Å². The molecule has 0 bridgehead atoms. The highest BCUT2D eigenvalue weighted by molar-refractivity contribution is 8.03. The van der Waals surface area contributed by atoms with Gasteiger partial charge in [0.2, 0.25) is 5.52 Å². The van der Waals surface area contributed by atoms with Crippen LogP contribution in [0.3, 0.4) is 0 Å². The monoisotopic (exact) mass is 733 g/mol. The van der Waals surface area contributed by atoms with Crippen molar-refractivity contribution in [3.05, 3.63) is 142 Å². The van der Waals surface area contributed by atoms with Crippen LogP contribution < -0.4 is 9.47 Å². The molecule has 0 fully saturated rings. The Labute approximate surface area is 325 Å². The Morgan fingerprint density at radius 3 is 2.13 bits per heavy atom. The van der Waals surface area contributed by atoms with E-state index in [0.29, 0.717) is 5.92 Å². The van der Waals surface area contributed by atoms with E-state index in [1.165, 1.54) is 134 Å². The number of hydrogen-bond donors (Lipinski definition) is 0. The summed E-state index contributed by atoms with van der Waals surface area (Å²) in [6, 6.07) is 35.6. The Morgan fingerprint density at radius 1 is 0.698 bits per heavy atom. The summed E-state index contributed by atoms with van der Waals surface area (Å²) in [6.07, 6.45) is 25.7. The van der Waals surface area contributed by atoms with Gasteiger partial charge in [-0.3, -0.25) is 0 Å². The highest BCUT2D eigenvalue weighted by Crippen LogP contribution is 2.49. The van der Waals surface area contributed by atoms with E-state index in [0.717, 1.165) is 19.4 Å². The topological polar surface area (TPSA) is 7.12 Å². The van der Waals surface area contributed by atoms with Gasteiger partial charge >= 0.3 is 0 Å². The summed E-state index contributed by atoms with van der Waals surface area (Å²) in [5.74, 6) is 0.675. The number of rotatable bonds is 13. The van der Waals surface area contributed by atoms with Crippen LogP contribution in [0.2, 0.25) is 0 Å². The first kappa shape index (κ1) is 35.9. The van der Waals surface area contributed by atoms with Crippen molar-refractivity contribution in [2.45, 2.75) is 88.9 Å². The van der Waals surface area contributed by atoms with Crippen molar-refractivity contribution in [3.63, 3.8) is 0 Å². The molecule has 0 saturated heterocycles. The number of fused-ring (bicyclic) bond motifs is 3. The average molecular weight is 734 g/mol. The molecule has 8 rings (SSSR count). The van der Waals surface area contributed by atoms with E-state index in [1.54, 1.807) is 0 Å². The zero-order valence-corrected chi connectivity index (χ0v) is 33.2. The number of nitrogens with zero attached hydrogens (tertiary/aromatic N) is 2. The molecule has 0 N–H and O–H groups in total. The maximum atomic E-state index is 2.63. The summed E-state index contributed by atoms with van der Waals surface area (Å²) >= 11 is 3.88. The van der Waals surface area contributed by atoms with Gasteiger partial charge in [0.15, 0.2) is 0 Å². The normalized spacial score (nSPS) is 18.4. The van der Waals surface area contributed by atoms with Crippen LogP contribution >= 0.6 is 23.1 Å². The molecule has 0 amide bonds. The molecule has 2 nitrogen and oxygen atoms in total. The van der Waals surface area contributed by atoms with Gasteiger partial charge in [0, 0.05) is 23.6 Å². The molecule has 0 saturated carbocycles. The Balaban J connectivity index is 1.03. The highest BCUT2D eigenvalue weighted by atomic mass is 32.2. The second kappa shape index (κ2) is 16.9. The zero-order chi connectivity index (χ0) is 36.0. The van der Waals surface area contributed by atoms with E-state index in [-0.39, 0.29) is 0 Å². The Kier molecular flexibility index (Phi) is 11.5. The third-order valence-electron chi connectivity index (χ3n) is 11.4. The van der Waals surface area contributed by atoms with Gasteiger partial charge in [-0.15, -0.1) is 0 Å². The molecule has 1 unspecified atom stereocenters. The highest BCUT2D eigenvalue weighted by Gasteiger charge is 2.28. The fourth-order valence-electron chi connectivity index (χ4n) is 8.32. The smallest absolute Gasteiger partial charge is 0.262 e. The number of aryl methyl sites for hydroxylation is 1. The van der Waals surface area contributed by atoms with Crippen LogP contribution in [-0.4, -0.2) is 6.54 Å². The number of benzene rings is 4. The lowest BCUT2D eigenvalue weighted by Gasteiger charge is -2.28. The zero-order valence-electron chi connectivity index (χ0n) is 31.5. The molecule has 53 heavy (non-hydrogen) atoms. The molecule has 4 heteroatoms. The predicted molar refractivity (Wildman–Crippen MR) is 230 cm³/mol. The molecule has 270 valence electrons. The van der Waals surface area contributed by atoms with Crippen molar-refractivity contribution in [3.8, 4) is 22.3 Å². The van der Waals surface area contributed by atoms with Crippen molar-refractivity contribution in [1.29, 1.82) is 0 Å². The van der Waals surface area contributed by atoms with Gasteiger partial charge < -0.3 is 4.90 Å². The molecule has 0 radical (unpaired) electrons. The number of allylic oxidation sites excluding steroid dienone is 6. The van der Waals surface area contributed by atoms with Gasteiger partial charge in [-0.25, -0.2) is 0 Å².